The third kappa shape index (κ3) is 3.42. The Morgan fingerprint density at radius 3 is 2.79 bits per heavy atom. The molecule has 6 nitrogen and oxygen atoms in total. The molecule has 6 heteroatoms. The first-order chi connectivity index (χ1) is 14.2. The molecule has 0 saturated carbocycles. The van der Waals surface area contributed by atoms with E-state index in [4.69, 9.17) is 9.72 Å². The number of amides is 1. The smallest absolute Gasteiger partial charge is 0.272 e. The molecular weight excluding hydrogens is 364 g/mol. The molecule has 2 saturated heterocycles. The van der Waals surface area contributed by atoms with Gasteiger partial charge in [-0.3, -0.25) is 4.79 Å². The summed E-state index contributed by atoms with van der Waals surface area (Å²) in [7, 11) is 0. The minimum atomic E-state index is 0.0173. The molecule has 5 rings (SSSR count). The molecule has 1 unspecified atom stereocenters. The van der Waals surface area contributed by atoms with Crippen molar-refractivity contribution in [3.8, 4) is 0 Å². The van der Waals surface area contributed by atoms with Gasteiger partial charge < -0.3 is 14.2 Å². The number of aromatic nitrogens is 3. The molecule has 1 atom stereocenters. The molecule has 29 heavy (non-hydrogen) atoms. The lowest BCUT2D eigenvalue weighted by Crippen LogP contribution is -2.30. The number of likely N-dealkylation sites (tertiary alicyclic amines) is 1. The van der Waals surface area contributed by atoms with Crippen LogP contribution in [0.15, 0.2) is 42.6 Å². The van der Waals surface area contributed by atoms with Crippen LogP contribution in [0.3, 0.4) is 0 Å². The fraction of sp³-hybridized carbons (Fsp3) is 0.435. The first-order valence-corrected chi connectivity index (χ1v) is 10.5. The molecule has 0 bridgehead atoms. The van der Waals surface area contributed by atoms with Gasteiger partial charge in [0.1, 0.15) is 11.5 Å². The maximum atomic E-state index is 13.1. The van der Waals surface area contributed by atoms with Crippen molar-refractivity contribution in [1.82, 2.24) is 19.4 Å². The Kier molecular flexibility index (Phi) is 4.79. The van der Waals surface area contributed by atoms with Crippen LogP contribution >= 0.6 is 0 Å². The van der Waals surface area contributed by atoms with Crippen LogP contribution in [0.25, 0.3) is 10.9 Å². The van der Waals surface area contributed by atoms with Gasteiger partial charge in [0.2, 0.25) is 0 Å². The van der Waals surface area contributed by atoms with E-state index >= 15 is 0 Å². The second-order valence-corrected chi connectivity index (χ2v) is 8.10. The number of para-hydroxylation sites is 1. The zero-order valence-corrected chi connectivity index (χ0v) is 16.8. The van der Waals surface area contributed by atoms with Crippen LogP contribution < -0.4 is 0 Å². The number of fused-ring (bicyclic) bond motifs is 1. The Bertz CT molecular complexity index is 1040. The molecule has 2 aliphatic heterocycles. The maximum Gasteiger partial charge on any atom is 0.272 e. The van der Waals surface area contributed by atoms with Crippen molar-refractivity contribution in [2.75, 3.05) is 26.3 Å². The highest BCUT2D eigenvalue weighted by Gasteiger charge is 2.32. The summed E-state index contributed by atoms with van der Waals surface area (Å²) in [6.07, 6.45) is 4.96. The third-order valence-corrected chi connectivity index (χ3v) is 6.23. The summed E-state index contributed by atoms with van der Waals surface area (Å²) >= 11 is 0. The molecule has 2 aromatic heterocycles. The van der Waals surface area contributed by atoms with Crippen LogP contribution in [-0.2, 0) is 4.74 Å². The van der Waals surface area contributed by atoms with E-state index in [-0.39, 0.29) is 11.9 Å². The largest absolute Gasteiger partial charge is 0.381 e. The number of pyridine rings is 1. The zero-order chi connectivity index (χ0) is 19.8. The van der Waals surface area contributed by atoms with Crippen molar-refractivity contribution < 1.29 is 9.53 Å². The number of hydrogen-bond acceptors (Lipinski definition) is 4. The van der Waals surface area contributed by atoms with Crippen LogP contribution in [-0.4, -0.2) is 51.6 Å². The van der Waals surface area contributed by atoms with Gasteiger partial charge in [0.25, 0.3) is 5.91 Å². The highest BCUT2D eigenvalue weighted by atomic mass is 16.5. The van der Waals surface area contributed by atoms with Crippen molar-refractivity contribution in [2.45, 2.75) is 38.1 Å². The number of nitrogens with zero attached hydrogens (tertiary/aromatic N) is 4. The minimum Gasteiger partial charge on any atom is -0.381 e. The quantitative estimate of drug-likeness (QED) is 0.684. The highest BCUT2D eigenvalue weighted by molar-refractivity contribution is 5.95. The van der Waals surface area contributed by atoms with Gasteiger partial charge >= 0.3 is 0 Å². The monoisotopic (exact) mass is 390 g/mol. The molecular formula is C23H26N4O2. The predicted molar refractivity (Wildman–Crippen MR) is 111 cm³/mol. The molecule has 0 radical (unpaired) electrons. The summed E-state index contributed by atoms with van der Waals surface area (Å²) in [5, 5.41) is 1.05. The fourth-order valence-corrected chi connectivity index (χ4v) is 4.68. The van der Waals surface area contributed by atoms with Crippen LogP contribution in [0.4, 0.5) is 0 Å². The van der Waals surface area contributed by atoms with Gasteiger partial charge in [-0.1, -0.05) is 24.3 Å². The Balaban J connectivity index is 1.36. The molecule has 0 N–H and O–H groups in total. The Morgan fingerprint density at radius 2 is 1.93 bits per heavy atom. The van der Waals surface area contributed by atoms with Gasteiger partial charge in [0.05, 0.1) is 11.6 Å². The Labute approximate surface area is 170 Å². The molecule has 2 aliphatic rings. The number of benzene rings is 1. The van der Waals surface area contributed by atoms with E-state index in [1.54, 1.807) is 0 Å². The summed E-state index contributed by atoms with van der Waals surface area (Å²) in [6, 6.07) is 12.0. The van der Waals surface area contributed by atoms with Gasteiger partial charge in [-0.25, -0.2) is 9.97 Å². The number of hydrogen-bond donors (Lipinski definition) is 0. The van der Waals surface area contributed by atoms with Gasteiger partial charge in [-0.15, -0.1) is 0 Å². The molecule has 3 aromatic rings. The Hall–Kier alpha value is -2.73. The zero-order valence-electron chi connectivity index (χ0n) is 16.8. The van der Waals surface area contributed by atoms with Gasteiger partial charge in [0, 0.05) is 49.5 Å². The topological polar surface area (TPSA) is 60.2 Å². The summed E-state index contributed by atoms with van der Waals surface area (Å²) in [5.74, 6) is 1.63. The number of ether oxygens (including phenoxy) is 1. The van der Waals surface area contributed by atoms with Crippen molar-refractivity contribution in [2.24, 2.45) is 0 Å². The first-order valence-electron chi connectivity index (χ1n) is 10.5. The van der Waals surface area contributed by atoms with E-state index < -0.39 is 0 Å². The van der Waals surface area contributed by atoms with E-state index in [1.807, 2.05) is 47.5 Å². The lowest BCUT2D eigenvalue weighted by molar-refractivity contribution is 0.0779. The van der Waals surface area contributed by atoms with Crippen LogP contribution in [0.5, 0.6) is 0 Å². The second-order valence-electron chi connectivity index (χ2n) is 8.10. The van der Waals surface area contributed by atoms with Crippen molar-refractivity contribution in [1.29, 1.82) is 0 Å². The number of carbonyl (C=O) groups excluding carboxylic acids is 1. The van der Waals surface area contributed by atoms with Gasteiger partial charge in [-0.05, 0) is 38.3 Å². The lowest BCUT2D eigenvalue weighted by atomic mass is 9.99. The summed E-state index contributed by atoms with van der Waals surface area (Å²) in [6.45, 7) is 5.19. The molecule has 150 valence electrons. The SMILES string of the molecule is Cc1cnc(C2CCOCC2)n1C1CCN(C(=O)c2ccc3ccccc3n2)C1. The molecule has 0 aliphatic carbocycles. The number of aryl methyl sites for hydroxylation is 1. The van der Waals surface area contributed by atoms with Gasteiger partial charge in [-0.2, -0.15) is 0 Å². The molecule has 2 fully saturated rings. The van der Waals surface area contributed by atoms with E-state index in [0.717, 1.165) is 55.7 Å². The lowest BCUT2D eigenvalue weighted by Gasteiger charge is -2.26. The second kappa shape index (κ2) is 7.59. The Morgan fingerprint density at radius 1 is 1.10 bits per heavy atom. The summed E-state index contributed by atoms with van der Waals surface area (Å²) in [4.78, 5) is 24.4. The van der Waals surface area contributed by atoms with E-state index in [2.05, 4.69) is 16.5 Å². The van der Waals surface area contributed by atoms with Crippen molar-refractivity contribution >= 4 is 16.8 Å². The first kappa shape index (κ1) is 18.3. The average Bonchev–Trinajstić information content (AvgIpc) is 3.40. The van der Waals surface area contributed by atoms with Crippen LogP contribution in [0.2, 0.25) is 0 Å². The average molecular weight is 390 g/mol. The molecule has 4 heterocycles. The highest BCUT2D eigenvalue weighted by Crippen LogP contribution is 2.32. The van der Waals surface area contributed by atoms with Crippen LogP contribution in [0, 0.1) is 6.92 Å². The predicted octanol–water partition coefficient (Wildman–Crippen LogP) is 3.72. The fourth-order valence-electron chi connectivity index (χ4n) is 4.68. The normalized spacial score (nSPS) is 20.4. The van der Waals surface area contributed by atoms with E-state index in [0.29, 0.717) is 18.2 Å². The van der Waals surface area contributed by atoms with Crippen LogP contribution in [0.1, 0.15) is 53.2 Å². The molecule has 1 aromatic carbocycles. The third-order valence-electron chi connectivity index (χ3n) is 6.23. The van der Waals surface area contributed by atoms with Crippen molar-refractivity contribution in [3.63, 3.8) is 0 Å². The van der Waals surface area contributed by atoms with E-state index in [1.165, 1.54) is 5.69 Å². The van der Waals surface area contributed by atoms with Gasteiger partial charge in [0.15, 0.2) is 0 Å². The maximum absolute atomic E-state index is 13.1. The number of carbonyl (C=O) groups is 1. The summed E-state index contributed by atoms with van der Waals surface area (Å²) < 4.78 is 7.90. The number of imidazole rings is 1. The van der Waals surface area contributed by atoms with Crippen molar-refractivity contribution in [3.05, 3.63) is 59.8 Å². The minimum absolute atomic E-state index is 0.0173. The summed E-state index contributed by atoms with van der Waals surface area (Å²) in [5.41, 5.74) is 2.56. The number of rotatable bonds is 3. The molecule has 1 amide bonds. The standard InChI is InChI=1S/C23H26N4O2/c1-16-14-24-22(18-9-12-29-13-10-18)27(16)19-8-11-26(15-19)23(28)21-7-6-17-4-2-3-5-20(17)25-21/h2-7,14,18-19H,8-13,15H2,1H3. The van der Waals surface area contributed by atoms with E-state index in [9.17, 15) is 4.79 Å². The molecule has 0 spiro atoms.